The van der Waals surface area contributed by atoms with Gasteiger partial charge in [0.15, 0.2) is 5.82 Å². The molecule has 0 aliphatic carbocycles. The molecule has 3 heterocycles. The van der Waals surface area contributed by atoms with E-state index in [0.29, 0.717) is 29.4 Å². The topological polar surface area (TPSA) is 70.5 Å². The van der Waals surface area contributed by atoms with Gasteiger partial charge < -0.3 is 20.1 Å². The summed E-state index contributed by atoms with van der Waals surface area (Å²) in [4.78, 5) is 2.26. The number of nitrogens with zero attached hydrogens (tertiary/aromatic N) is 3. The van der Waals surface area contributed by atoms with Gasteiger partial charge in [0.1, 0.15) is 11.5 Å². The summed E-state index contributed by atoms with van der Waals surface area (Å²) >= 11 is 0. The van der Waals surface area contributed by atoms with Gasteiger partial charge in [-0.3, -0.25) is 0 Å². The van der Waals surface area contributed by atoms with E-state index in [2.05, 4.69) is 27.5 Å². The highest BCUT2D eigenvalue weighted by atomic mass is 16.5. The van der Waals surface area contributed by atoms with Crippen molar-refractivity contribution in [1.82, 2.24) is 15.5 Å². The lowest BCUT2D eigenvalue weighted by Crippen LogP contribution is -2.47. The van der Waals surface area contributed by atoms with E-state index >= 15 is 0 Å². The van der Waals surface area contributed by atoms with Crippen LogP contribution in [0.5, 0.6) is 11.5 Å². The first kappa shape index (κ1) is 18.2. The highest BCUT2D eigenvalue weighted by molar-refractivity contribution is 5.90. The summed E-state index contributed by atoms with van der Waals surface area (Å²) in [5.74, 6) is 1.84. The minimum Gasteiger partial charge on any atom is -0.507 e. The van der Waals surface area contributed by atoms with Crippen LogP contribution in [-0.2, 0) is 0 Å². The van der Waals surface area contributed by atoms with E-state index in [1.54, 1.807) is 13.2 Å². The Balaban J connectivity index is 1.40. The van der Waals surface area contributed by atoms with Gasteiger partial charge in [0.25, 0.3) is 0 Å². The molecule has 2 N–H and O–H groups in total. The van der Waals surface area contributed by atoms with Gasteiger partial charge in [0.2, 0.25) is 0 Å². The smallest absolute Gasteiger partial charge is 0.151 e. The Morgan fingerprint density at radius 3 is 2.48 bits per heavy atom. The quantitative estimate of drug-likeness (QED) is 0.707. The van der Waals surface area contributed by atoms with E-state index < -0.39 is 0 Å². The zero-order valence-electron chi connectivity index (χ0n) is 16.8. The number of hydrogen-bond acceptors (Lipinski definition) is 6. The van der Waals surface area contributed by atoms with Crippen LogP contribution in [0.15, 0.2) is 42.5 Å². The van der Waals surface area contributed by atoms with Crippen LogP contribution in [0.4, 0.5) is 5.82 Å². The second kappa shape index (κ2) is 7.19. The van der Waals surface area contributed by atoms with Crippen molar-refractivity contribution >= 4 is 16.6 Å². The molecule has 2 aromatic carbocycles. The Kier molecular flexibility index (Phi) is 4.51. The van der Waals surface area contributed by atoms with E-state index in [0.717, 1.165) is 35.2 Å². The molecule has 2 aliphatic rings. The molecule has 2 fully saturated rings. The fourth-order valence-corrected chi connectivity index (χ4v) is 4.78. The number of benzene rings is 2. The zero-order chi connectivity index (χ0) is 20.0. The van der Waals surface area contributed by atoms with E-state index in [1.165, 1.54) is 12.8 Å². The standard InChI is InChI=1S/C23H26N4O2/c1-27(18-12-16-4-5-17(13-18)24-16)23-8-7-21(25-26-23)20-10-14-3-6-19(29-2)9-15(14)11-22(20)28/h3,6-11,16-18,24,28H,4-5,12-13H2,1-2H3/t16-,17?,18?/m1/s1. The van der Waals surface area contributed by atoms with E-state index in [4.69, 9.17) is 4.74 Å². The molecular weight excluding hydrogens is 364 g/mol. The summed E-state index contributed by atoms with van der Waals surface area (Å²) in [7, 11) is 3.75. The predicted octanol–water partition coefficient (Wildman–Crippen LogP) is 3.73. The van der Waals surface area contributed by atoms with Crippen LogP contribution in [0.3, 0.4) is 0 Å². The molecule has 2 saturated heterocycles. The molecule has 150 valence electrons. The van der Waals surface area contributed by atoms with Crippen molar-refractivity contribution in [3.63, 3.8) is 0 Å². The van der Waals surface area contributed by atoms with Crippen LogP contribution in [0.1, 0.15) is 25.7 Å². The zero-order valence-corrected chi connectivity index (χ0v) is 16.8. The van der Waals surface area contributed by atoms with Gasteiger partial charge in [-0.15, -0.1) is 10.2 Å². The summed E-state index contributed by atoms with van der Waals surface area (Å²) < 4.78 is 5.27. The molecule has 6 nitrogen and oxygen atoms in total. The molecule has 0 saturated carbocycles. The second-order valence-electron chi connectivity index (χ2n) is 8.23. The van der Waals surface area contributed by atoms with Gasteiger partial charge in [-0.2, -0.15) is 0 Å². The summed E-state index contributed by atoms with van der Waals surface area (Å²) in [6.45, 7) is 0. The van der Waals surface area contributed by atoms with Gasteiger partial charge in [-0.1, -0.05) is 6.07 Å². The van der Waals surface area contributed by atoms with Gasteiger partial charge in [0, 0.05) is 30.7 Å². The maximum Gasteiger partial charge on any atom is 0.151 e. The minimum atomic E-state index is 0.191. The fraction of sp³-hybridized carbons (Fsp3) is 0.391. The number of aromatic nitrogens is 2. The maximum atomic E-state index is 10.5. The van der Waals surface area contributed by atoms with E-state index in [-0.39, 0.29) is 5.75 Å². The number of phenolic OH excluding ortho intramolecular Hbond substituents is 1. The first-order valence-electron chi connectivity index (χ1n) is 10.2. The third-order valence-corrected chi connectivity index (χ3v) is 6.45. The highest BCUT2D eigenvalue weighted by Crippen LogP contribution is 2.35. The molecule has 3 aromatic rings. The van der Waals surface area contributed by atoms with Crippen LogP contribution in [0.25, 0.3) is 22.0 Å². The second-order valence-corrected chi connectivity index (χ2v) is 8.23. The lowest BCUT2D eigenvalue weighted by Gasteiger charge is -2.36. The number of anilines is 1. The molecule has 0 radical (unpaired) electrons. The van der Waals surface area contributed by atoms with Crippen molar-refractivity contribution < 1.29 is 9.84 Å². The van der Waals surface area contributed by atoms with Crippen molar-refractivity contribution in [2.24, 2.45) is 0 Å². The SMILES string of the molecule is COc1ccc2cc(-c3ccc(N(C)C4CC5CC[C@H](C4)N5)nn3)c(O)cc2c1. The van der Waals surface area contributed by atoms with Crippen molar-refractivity contribution in [3.8, 4) is 22.8 Å². The van der Waals surface area contributed by atoms with E-state index in [1.807, 2.05) is 36.4 Å². The average molecular weight is 390 g/mol. The number of hydrogen-bond donors (Lipinski definition) is 2. The van der Waals surface area contributed by atoms with Gasteiger partial charge in [-0.25, -0.2) is 0 Å². The number of methoxy groups -OCH3 is 1. The molecular formula is C23H26N4O2. The molecule has 2 bridgehead atoms. The Morgan fingerprint density at radius 2 is 1.79 bits per heavy atom. The number of phenols is 1. The molecule has 0 spiro atoms. The van der Waals surface area contributed by atoms with Crippen LogP contribution in [0.2, 0.25) is 0 Å². The van der Waals surface area contributed by atoms with Crippen molar-refractivity contribution in [2.75, 3.05) is 19.1 Å². The number of nitrogens with one attached hydrogen (secondary N) is 1. The lowest BCUT2D eigenvalue weighted by molar-refractivity contribution is 0.353. The molecule has 6 heteroatoms. The lowest BCUT2D eigenvalue weighted by atomic mass is 9.98. The molecule has 3 atom stereocenters. The fourth-order valence-electron chi connectivity index (χ4n) is 4.78. The number of fused-ring (bicyclic) bond motifs is 3. The van der Waals surface area contributed by atoms with Gasteiger partial charge >= 0.3 is 0 Å². The van der Waals surface area contributed by atoms with Crippen LogP contribution >= 0.6 is 0 Å². The highest BCUT2D eigenvalue weighted by Gasteiger charge is 2.35. The van der Waals surface area contributed by atoms with Crippen LogP contribution in [-0.4, -0.2) is 47.6 Å². The van der Waals surface area contributed by atoms with E-state index in [9.17, 15) is 5.11 Å². The van der Waals surface area contributed by atoms with Gasteiger partial charge in [-0.05, 0) is 72.9 Å². The third-order valence-electron chi connectivity index (χ3n) is 6.45. The first-order valence-corrected chi connectivity index (χ1v) is 10.2. The first-order chi connectivity index (χ1) is 14.1. The number of piperidine rings is 1. The predicted molar refractivity (Wildman–Crippen MR) is 115 cm³/mol. The molecule has 29 heavy (non-hydrogen) atoms. The summed E-state index contributed by atoms with van der Waals surface area (Å²) in [5, 5.41) is 25.1. The summed E-state index contributed by atoms with van der Waals surface area (Å²) in [6, 6.07) is 15.2. The Bertz CT molecular complexity index is 1020. The van der Waals surface area contributed by atoms with Gasteiger partial charge in [0.05, 0.1) is 12.8 Å². The average Bonchev–Trinajstić information content (AvgIpc) is 3.09. The van der Waals surface area contributed by atoms with Crippen molar-refractivity contribution in [2.45, 2.75) is 43.8 Å². The molecule has 5 rings (SSSR count). The number of aromatic hydroxyl groups is 1. The normalized spacial score (nSPS) is 23.3. The minimum absolute atomic E-state index is 0.191. The molecule has 2 aliphatic heterocycles. The summed E-state index contributed by atoms with van der Waals surface area (Å²) in [6.07, 6.45) is 4.89. The third kappa shape index (κ3) is 3.38. The van der Waals surface area contributed by atoms with Crippen LogP contribution < -0.4 is 15.0 Å². The monoisotopic (exact) mass is 390 g/mol. The van der Waals surface area contributed by atoms with Crippen LogP contribution in [0, 0.1) is 0 Å². The molecule has 2 unspecified atom stereocenters. The maximum absolute atomic E-state index is 10.5. The Hall–Kier alpha value is -2.86. The molecule has 0 amide bonds. The number of ether oxygens (including phenoxy) is 1. The summed E-state index contributed by atoms with van der Waals surface area (Å²) in [5.41, 5.74) is 1.35. The largest absolute Gasteiger partial charge is 0.507 e. The number of rotatable bonds is 4. The van der Waals surface area contributed by atoms with Crippen molar-refractivity contribution in [1.29, 1.82) is 0 Å². The Morgan fingerprint density at radius 1 is 1.00 bits per heavy atom. The Labute approximate surface area is 170 Å². The molecule has 1 aromatic heterocycles. The van der Waals surface area contributed by atoms with Crippen molar-refractivity contribution in [3.05, 3.63) is 42.5 Å².